The molecule has 4 N–H and O–H groups in total. The molecule has 6 nitrogen and oxygen atoms in total. The highest BCUT2D eigenvalue weighted by Gasteiger charge is 2.38. The second-order valence-corrected chi connectivity index (χ2v) is 6.36. The summed E-state index contributed by atoms with van der Waals surface area (Å²) in [5.41, 5.74) is 0.574. The van der Waals surface area contributed by atoms with Gasteiger partial charge in [-0.25, -0.2) is 4.79 Å². The van der Waals surface area contributed by atoms with Crippen molar-refractivity contribution < 1.29 is 27.9 Å². The molecule has 1 aliphatic rings. The van der Waals surface area contributed by atoms with Crippen LogP contribution in [0.4, 0.5) is 13.2 Å². The summed E-state index contributed by atoms with van der Waals surface area (Å²) in [5, 5.41) is 13.3. The summed E-state index contributed by atoms with van der Waals surface area (Å²) in [6.45, 7) is 2.79. The molecular formula is C12H14Br2F3N3O3. The van der Waals surface area contributed by atoms with Gasteiger partial charge in [0.2, 0.25) is 0 Å². The van der Waals surface area contributed by atoms with Crippen LogP contribution in [0.25, 0.3) is 0 Å². The number of carbonyl (C=O) groups excluding carboxylic acids is 1. The highest BCUT2D eigenvalue weighted by molar-refractivity contribution is 9.13. The molecule has 2 heterocycles. The number of amides is 1. The first-order chi connectivity index (χ1) is 10.6. The van der Waals surface area contributed by atoms with Crippen LogP contribution in [0, 0.1) is 5.92 Å². The first-order valence-corrected chi connectivity index (χ1v) is 8.03. The van der Waals surface area contributed by atoms with E-state index in [2.05, 4.69) is 47.5 Å². The van der Waals surface area contributed by atoms with Crippen LogP contribution < -0.4 is 10.6 Å². The van der Waals surface area contributed by atoms with Gasteiger partial charge in [-0.2, -0.15) is 13.2 Å². The summed E-state index contributed by atoms with van der Waals surface area (Å²) in [6, 6.07) is 1.77. The Labute approximate surface area is 146 Å². The Morgan fingerprint density at radius 1 is 1.39 bits per heavy atom. The lowest BCUT2D eigenvalue weighted by atomic mass is 10.1. The van der Waals surface area contributed by atoms with Gasteiger partial charge in [-0.3, -0.25) is 4.79 Å². The molecule has 1 aromatic rings. The summed E-state index contributed by atoms with van der Waals surface area (Å²) < 4.78 is 33.4. The number of aromatic amines is 1. The van der Waals surface area contributed by atoms with Crippen molar-refractivity contribution >= 4 is 43.7 Å². The number of hydrogen-bond donors (Lipinski definition) is 4. The standard InChI is InChI=1S/C10H13Br2N3O.C2HF3O2/c11-7-3-8(15-9(7)12)10(16)14-5-6-1-2-13-4-6;3-2(4,5)1(6)7/h3,6,13,15H,1-2,4-5H2,(H,14,16);(H,6,7)/t6-;/m0./s1. The van der Waals surface area contributed by atoms with Gasteiger partial charge < -0.3 is 20.7 Å². The molecule has 2 rings (SSSR count). The number of aliphatic carboxylic acids is 1. The average Bonchev–Trinajstić information content (AvgIpc) is 3.06. The zero-order valence-electron chi connectivity index (χ0n) is 11.6. The van der Waals surface area contributed by atoms with Crippen LogP contribution in [0.1, 0.15) is 16.9 Å². The molecule has 1 aliphatic heterocycles. The minimum atomic E-state index is -5.08. The SMILES string of the molecule is O=C(NC[C@H]1CCNC1)c1cc(Br)c(Br)[nH]1.O=C(O)C(F)(F)F. The number of carbonyl (C=O) groups is 2. The van der Waals surface area contributed by atoms with Gasteiger partial charge in [-0.05, 0) is 63.4 Å². The average molecular weight is 465 g/mol. The number of H-pyrrole nitrogens is 1. The van der Waals surface area contributed by atoms with Crippen LogP contribution in [0.15, 0.2) is 15.1 Å². The maximum absolute atomic E-state index is 11.8. The lowest BCUT2D eigenvalue weighted by Gasteiger charge is -2.08. The molecule has 1 aromatic heterocycles. The number of rotatable bonds is 3. The van der Waals surface area contributed by atoms with E-state index in [1.807, 2.05) is 0 Å². The minimum Gasteiger partial charge on any atom is -0.475 e. The third-order valence-corrected chi connectivity index (χ3v) is 4.71. The van der Waals surface area contributed by atoms with Gasteiger partial charge in [-0.1, -0.05) is 0 Å². The zero-order valence-corrected chi connectivity index (χ0v) is 14.8. The molecule has 0 bridgehead atoms. The largest absolute Gasteiger partial charge is 0.490 e. The fourth-order valence-electron chi connectivity index (χ4n) is 1.75. The lowest BCUT2D eigenvalue weighted by molar-refractivity contribution is -0.192. The van der Waals surface area contributed by atoms with Gasteiger partial charge in [0.1, 0.15) is 5.69 Å². The topological polar surface area (TPSA) is 94.2 Å². The fraction of sp³-hybridized carbons (Fsp3) is 0.500. The van der Waals surface area contributed by atoms with E-state index in [1.165, 1.54) is 0 Å². The molecule has 0 aliphatic carbocycles. The highest BCUT2D eigenvalue weighted by atomic mass is 79.9. The first kappa shape index (κ1) is 20.0. The van der Waals surface area contributed by atoms with Crippen molar-refractivity contribution in [1.29, 1.82) is 0 Å². The fourth-order valence-corrected chi connectivity index (χ4v) is 2.40. The van der Waals surface area contributed by atoms with E-state index in [4.69, 9.17) is 9.90 Å². The molecule has 0 unspecified atom stereocenters. The number of carboxylic acid groups (broad SMARTS) is 1. The Kier molecular flexibility index (Phi) is 7.55. The number of alkyl halides is 3. The van der Waals surface area contributed by atoms with Crippen LogP contribution in [0.2, 0.25) is 0 Å². The number of aromatic nitrogens is 1. The Morgan fingerprint density at radius 2 is 2.00 bits per heavy atom. The molecular weight excluding hydrogens is 451 g/mol. The normalized spacial score (nSPS) is 17.3. The molecule has 1 atom stereocenters. The number of nitrogens with one attached hydrogen (secondary N) is 3. The van der Waals surface area contributed by atoms with E-state index in [-0.39, 0.29) is 5.91 Å². The molecule has 1 amide bonds. The molecule has 23 heavy (non-hydrogen) atoms. The van der Waals surface area contributed by atoms with E-state index in [9.17, 15) is 18.0 Å². The van der Waals surface area contributed by atoms with Crippen molar-refractivity contribution in [3.63, 3.8) is 0 Å². The van der Waals surface area contributed by atoms with Crippen molar-refractivity contribution in [3.8, 4) is 0 Å². The van der Waals surface area contributed by atoms with E-state index < -0.39 is 12.1 Å². The maximum atomic E-state index is 11.8. The Morgan fingerprint density at radius 3 is 2.39 bits per heavy atom. The highest BCUT2D eigenvalue weighted by Crippen LogP contribution is 2.23. The van der Waals surface area contributed by atoms with E-state index in [0.717, 1.165) is 35.1 Å². The third-order valence-electron chi connectivity index (χ3n) is 2.93. The summed E-state index contributed by atoms with van der Waals surface area (Å²) in [5.74, 6) is -2.25. The predicted octanol–water partition coefficient (Wildman–Crippen LogP) is 2.51. The van der Waals surface area contributed by atoms with Gasteiger partial charge in [0.05, 0.1) is 9.08 Å². The van der Waals surface area contributed by atoms with E-state index in [0.29, 0.717) is 11.6 Å². The van der Waals surface area contributed by atoms with E-state index >= 15 is 0 Å². The van der Waals surface area contributed by atoms with Gasteiger partial charge in [0.25, 0.3) is 5.91 Å². The maximum Gasteiger partial charge on any atom is 0.490 e. The first-order valence-electron chi connectivity index (χ1n) is 6.44. The Hall–Kier alpha value is -1.07. The van der Waals surface area contributed by atoms with Crippen molar-refractivity contribution in [2.24, 2.45) is 5.92 Å². The second-order valence-electron chi connectivity index (χ2n) is 4.72. The number of carboxylic acids is 1. The monoisotopic (exact) mass is 463 g/mol. The lowest BCUT2D eigenvalue weighted by Crippen LogP contribution is -2.30. The second kappa shape index (κ2) is 8.69. The molecule has 0 spiro atoms. The van der Waals surface area contributed by atoms with Gasteiger partial charge in [0.15, 0.2) is 0 Å². The van der Waals surface area contributed by atoms with Crippen molar-refractivity contribution in [2.45, 2.75) is 12.6 Å². The Bertz CT molecular complexity index is 538. The number of halogens is 5. The predicted molar refractivity (Wildman–Crippen MR) is 83.2 cm³/mol. The third kappa shape index (κ3) is 6.92. The summed E-state index contributed by atoms with van der Waals surface area (Å²) in [7, 11) is 0. The smallest absolute Gasteiger partial charge is 0.475 e. The van der Waals surface area contributed by atoms with Gasteiger partial charge >= 0.3 is 12.1 Å². The quantitative estimate of drug-likeness (QED) is 0.552. The molecule has 1 fully saturated rings. The van der Waals surface area contributed by atoms with Crippen LogP contribution in [0.5, 0.6) is 0 Å². The van der Waals surface area contributed by atoms with Crippen molar-refractivity contribution in [2.75, 3.05) is 19.6 Å². The molecule has 0 radical (unpaired) electrons. The van der Waals surface area contributed by atoms with Crippen LogP contribution in [-0.4, -0.2) is 47.8 Å². The summed E-state index contributed by atoms with van der Waals surface area (Å²) >= 11 is 6.64. The molecule has 1 saturated heterocycles. The van der Waals surface area contributed by atoms with Crippen LogP contribution >= 0.6 is 31.9 Å². The molecule has 0 saturated carbocycles. The van der Waals surface area contributed by atoms with Gasteiger partial charge in [-0.15, -0.1) is 0 Å². The van der Waals surface area contributed by atoms with E-state index in [1.54, 1.807) is 6.07 Å². The van der Waals surface area contributed by atoms with Crippen molar-refractivity contribution in [3.05, 3.63) is 20.8 Å². The van der Waals surface area contributed by atoms with Crippen molar-refractivity contribution in [1.82, 2.24) is 15.6 Å². The molecule has 11 heteroatoms. The van der Waals surface area contributed by atoms with Crippen LogP contribution in [0.3, 0.4) is 0 Å². The van der Waals surface area contributed by atoms with Gasteiger partial charge in [0, 0.05) is 6.54 Å². The summed E-state index contributed by atoms with van der Waals surface area (Å²) in [6.07, 6.45) is -3.95. The Balaban J connectivity index is 0.000000322. The number of hydrogen-bond acceptors (Lipinski definition) is 3. The van der Waals surface area contributed by atoms with Crippen LogP contribution in [-0.2, 0) is 4.79 Å². The zero-order chi connectivity index (χ0) is 17.6. The molecule has 130 valence electrons. The minimum absolute atomic E-state index is 0.0571. The molecule has 0 aromatic carbocycles. The summed E-state index contributed by atoms with van der Waals surface area (Å²) in [4.78, 5) is 23.6.